The molecule has 0 amide bonds. The number of aryl methyl sites for hydroxylation is 3. The van der Waals surface area contributed by atoms with Crippen LogP contribution in [0.3, 0.4) is 0 Å². The summed E-state index contributed by atoms with van der Waals surface area (Å²) >= 11 is 0. The minimum absolute atomic E-state index is 0.220. The van der Waals surface area contributed by atoms with Crippen LogP contribution in [0.5, 0.6) is 0 Å². The van der Waals surface area contributed by atoms with E-state index in [2.05, 4.69) is 36.2 Å². The van der Waals surface area contributed by atoms with Gasteiger partial charge in [0.1, 0.15) is 5.52 Å². The predicted molar refractivity (Wildman–Crippen MR) is 118 cm³/mol. The summed E-state index contributed by atoms with van der Waals surface area (Å²) in [6.07, 6.45) is 7.64. The molecular formula is C27H24FNO. The van der Waals surface area contributed by atoms with Crippen molar-refractivity contribution in [3.63, 3.8) is 0 Å². The van der Waals surface area contributed by atoms with Gasteiger partial charge in [-0.1, -0.05) is 30.3 Å². The van der Waals surface area contributed by atoms with Crippen LogP contribution < -0.4 is 0 Å². The van der Waals surface area contributed by atoms with Gasteiger partial charge in [0, 0.05) is 5.56 Å². The maximum Gasteiger partial charge on any atom is 0.227 e. The van der Waals surface area contributed by atoms with E-state index in [1.165, 1.54) is 41.5 Å². The lowest BCUT2D eigenvalue weighted by molar-refractivity contribution is 0.557. The van der Waals surface area contributed by atoms with Crippen molar-refractivity contribution in [2.75, 3.05) is 0 Å². The summed E-state index contributed by atoms with van der Waals surface area (Å²) in [5.41, 5.74) is 10.2. The van der Waals surface area contributed by atoms with E-state index < -0.39 is 0 Å². The van der Waals surface area contributed by atoms with E-state index >= 15 is 0 Å². The number of hydrogen-bond acceptors (Lipinski definition) is 2. The van der Waals surface area contributed by atoms with Gasteiger partial charge >= 0.3 is 0 Å². The molecule has 1 heterocycles. The zero-order chi connectivity index (χ0) is 20.2. The lowest BCUT2D eigenvalue weighted by Gasteiger charge is -2.17. The van der Waals surface area contributed by atoms with E-state index in [1.807, 2.05) is 18.2 Å². The fraction of sp³-hybridized carbons (Fsp3) is 0.296. The van der Waals surface area contributed by atoms with Crippen molar-refractivity contribution < 1.29 is 8.81 Å². The van der Waals surface area contributed by atoms with Crippen LogP contribution in [0.1, 0.15) is 47.1 Å². The Kier molecular flexibility index (Phi) is 4.05. The standard InChI is InChI=1S/C27H24FNO/c1-16-21(20-13-12-17-6-2-3-7-18(17)14-20)9-5-10-22(16)27-29-24-15-19-8-4-11-23(19)25(28)26(24)30-27/h5,9-10,12-15H,2-4,6-8,11H2,1H3. The zero-order valence-electron chi connectivity index (χ0n) is 17.2. The molecule has 0 aliphatic heterocycles. The van der Waals surface area contributed by atoms with Crippen molar-refractivity contribution >= 4 is 11.1 Å². The Hall–Kier alpha value is -2.94. The molecule has 0 saturated heterocycles. The van der Waals surface area contributed by atoms with Gasteiger partial charge in [-0.25, -0.2) is 9.37 Å². The van der Waals surface area contributed by atoms with Crippen molar-refractivity contribution in [3.05, 3.63) is 76.1 Å². The van der Waals surface area contributed by atoms with Crippen LogP contribution in [0, 0.1) is 12.7 Å². The Morgan fingerprint density at radius 2 is 1.63 bits per heavy atom. The highest BCUT2D eigenvalue weighted by molar-refractivity contribution is 5.82. The second kappa shape index (κ2) is 6.80. The summed E-state index contributed by atoms with van der Waals surface area (Å²) in [5, 5.41) is 0. The molecule has 3 aromatic carbocycles. The molecule has 0 bridgehead atoms. The first-order valence-corrected chi connectivity index (χ1v) is 11.0. The number of rotatable bonds is 2. The second-order valence-corrected chi connectivity index (χ2v) is 8.72. The quantitative estimate of drug-likeness (QED) is 0.365. The maximum atomic E-state index is 15.0. The van der Waals surface area contributed by atoms with Gasteiger partial charge in [0.05, 0.1) is 0 Å². The Labute approximate surface area is 175 Å². The summed E-state index contributed by atoms with van der Waals surface area (Å²) in [4.78, 5) is 4.68. The molecule has 0 saturated carbocycles. The molecule has 2 nitrogen and oxygen atoms in total. The van der Waals surface area contributed by atoms with Gasteiger partial charge in [0.2, 0.25) is 5.89 Å². The molecule has 0 fully saturated rings. The van der Waals surface area contributed by atoms with Crippen LogP contribution in [0.4, 0.5) is 4.39 Å². The van der Waals surface area contributed by atoms with Crippen molar-refractivity contribution in [2.45, 2.75) is 51.9 Å². The number of nitrogens with zero attached hydrogens (tertiary/aromatic N) is 1. The van der Waals surface area contributed by atoms with Gasteiger partial charge in [-0.05, 0) is 103 Å². The first kappa shape index (κ1) is 17.9. The SMILES string of the molecule is Cc1c(-c2ccc3c(c2)CCCC3)cccc1-c1nc2cc3c(c(F)c2o1)CCC3. The van der Waals surface area contributed by atoms with Gasteiger partial charge in [-0.15, -0.1) is 0 Å². The Morgan fingerprint density at radius 3 is 2.53 bits per heavy atom. The molecule has 2 aliphatic carbocycles. The van der Waals surface area contributed by atoms with E-state index in [-0.39, 0.29) is 5.82 Å². The van der Waals surface area contributed by atoms with Gasteiger partial charge in [-0.2, -0.15) is 0 Å². The van der Waals surface area contributed by atoms with Gasteiger partial charge in [0.15, 0.2) is 11.4 Å². The van der Waals surface area contributed by atoms with E-state index in [0.717, 1.165) is 47.9 Å². The molecule has 0 radical (unpaired) electrons. The third-order valence-electron chi connectivity index (χ3n) is 6.91. The van der Waals surface area contributed by atoms with Gasteiger partial charge < -0.3 is 4.42 Å². The van der Waals surface area contributed by atoms with Crippen molar-refractivity contribution in [3.8, 4) is 22.6 Å². The highest BCUT2D eigenvalue weighted by atomic mass is 19.1. The first-order chi connectivity index (χ1) is 14.7. The third kappa shape index (κ3) is 2.72. The minimum Gasteiger partial charge on any atom is -0.433 e. The molecule has 0 unspecified atom stereocenters. The summed E-state index contributed by atoms with van der Waals surface area (Å²) in [5.74, 6) is 0.284. The van der Waals surface area contributed by atoms with E-state index in [9.17, 15) is 4.39 Å². The number of halogens is 1. The lowest BCUT2D eigenvalue weighted by Crippen LogP contribution is -2.02. The summed E-state index contributed by atoms with van der Waals surface area (Å²) in [7, 11) is 0. The number of oxazole rings is 1. The average molecular weight is 397 g/mol. The fourth-order valence-electron chi connectivity index (χ4n) is 5.26. The molecule has 0 atom stereocenters. The second-order valence-electron chi connectivity index (χ2n) is 8.72. The number of benzene rings is 3. The Balaban J connectivity index is 1.46. The monoisotopic (exact) mass is 397 g/mol. The summed E-state index contributed by atoms with van der Waals surface area (Å²) < 4.78 is 21.0. The highest BCUT2D eigenvalue weighted by Gasteiger charge is 2.23. The summed E-state index contributed by atoms with van der Waals surface area (Å²) in [6, 6.07) is 15.1. The van der Waals surface area contributed by atoms with Crippen molar-refractivity contribution in [1.82, 2.24) is 4.98 Å². The smallest absolute Gasteiger partial charge is 0.227 e. The molecule has 0 N–H and O–H groups in total. The number of aromatic nitrogens is 1. The number of fused-ring (bicyclic) bond motifs is 3. The molecule has 2 aliphatic rings. The highest BCUT2D eigenvalue weighted by Crippen LogP contribution is 2.37. The first-order valence-electron chi connectivity index (χ1n) is 11.0. The van der Waals surface area contributed by atoms with Gasteiger partial charge in [-0.3, -0.25) is 0 Å². The molecule has 4 aromatic rings. The molecule has 0 spiro atoms. The molecule has 3 heteroatoms. The van der Waals surface area contributed by atoms with Crippen LogP contribution in [0.25, 0.3) is 33.7 Å². The molecule has 150 valence electrons. The average Bonchev–Trinajstić information content (AvgIpc) is 3.41. The summed E-state index contributed by atoms with van der Waals surface area (Å²) in [6.45, 7) is 2.11. The third-order valence-corrected chi connectivity index (χ3v) is 6.91. The normalized spacial score (nSPS) is 15.4. The molecular weight excluding hydrogens is 373 g/mol. The van der Waals surface area contributed by atoms with E-state index in [0.29, 0.717) is 17.0 Å². The van der Waals surface area contributed by atoms with E-state index in [4.69, 9.17) is 4.42 Å². The van der Waals surface area contributed by atoms with Crippen LogP contribution >= 0.6 is 0 Å². The van der Waals surface area contributed by atoms with Crippen LogP contribution in [0.2, 0.25) is 0 Å². The minimum atomic E-state index is -0.220. The van der Waals surface area contributed by atoms with Crippen molar-refractivity contribution in [2.24, 2.45) is 0 Å². The van der Waals surface area contributed by atoms with Crippen LogP contribution in [-0.4, -0.2) is 4.98 Å². The van der Waals surface area contributed by atoms with Crippen LogP contribution in [0.15, 0.2) is 46.9 Å². The Bertz CT molecular complexity index is 1300. The largest absolute Gasteiger partial charge is 0.433 e. The number of hydrogen-bond donors (Lipinski definition) is 0. The molecule has 1 aromatic heterocycles. The molecule has 30 heavy (non-hydrogen) atoms. The fourth-order valence-corrected chi connectivity index (χ4v) is 5.26. The maximum absolute atomic E-state index is 15.0. The predicted octanol–water partition coefficient (Wildman–Crippen LogP) is 6.98. The zero-order valence-corrected chi connectivity index (χ0v) is 17.2. The van der Waals surface area contributed by atoms with Gasteiger partial charge in [0.25, 0.3) is 0 Å². The van der Waals surface area contributed by atoms with Crippen LogP contribution in [-0.2, 0) is 25.7 Å². The topological polar surface area (TPSA) is 26.0 Å². The molecule has 6 rings (SSSR count). The Morgan fingerprint density at radius 1 is 0.833 bits per heavy atom. The lowest BCUT2D eigenvalue weighted by atomic mass is 9.88. The van der Waals surface area contributed by atoms with E-state index in [1.54, 1.807) is 0 Å². The van der Waals surface area contributed by atoms with Crippen molar-refractivity contribution in [1.29, 1.82) is 0 Å².